The predicted molar refractivity (Wildman–Crippen MR) is 106 cm³/mol. The minimum Gasteiger partial charge on any atom is -0.495 e. The standard InChI is InChI=1S/C22H25FN2O3/c1-3-12-25(14-21(26)24-19-10-6-7-11-20(19)28-2)22(27)17-13-16(17)15-8-4-5-9-18(15)23/h4-11,16-17H,3,12-14H2,1-2H3,(H,24,26). The normalized spacial score (nSPS) is 17.7. The third-order valence-electron chi connectivity index (χ3n) is 4.93. The minimum atomic E-state index is -0.283. The highest BCUT2D eigenvalue weighted by Gasteiger charge is 2.46. The van der Waals surface area contributed by atoms with Gasteiger partial charge in [-0.05, 0) is 42.5 Å². The summed E-state index contributed by atoms with van der Waals surface area (Å²) < 4.78 is 19.2. The molecule has 28 heavy (non-hydrogen) atoms. The van der Waals surface area contributed by atoms with Crippen molar-refractivity contribution in [2.45, 2.75) is 25.7 Å². The molecule has 0 heterocycles. The molecule has 1 aliphatic rings. The molecule has 3 rings (SSSR count). The molecule has 0 aliphatic heterocycles. The quantitative estimate of drug-likeness (QED) is 0.753. The Morgan fingerprint density at radius 1 is 1.18 bits per heavy atom. The van der Waals surface area contributed by atoms with Crippen molar-refractivity contribution in [3.63, 3.8) is 0 Å². The Morgan fingerprint density at radius 2 is 1.89 bits per heavy atom. The van der Waals surface area contributed by atoms with Crippen LogP contribution in [-0.4, -0.2) is 36.9 Å². The lowest BCUT2D eigenvalue weighted by molar-refractivity contribution is -0.136. The maximum atomic E-state index is 14.0. The first-order valence-electron chi connectivity index (χ1n) is 9.51. The van der Waals surface area contributed by atoms with Gasteiger partial charge in [0.25, 0.3) is 0 Å². The zero-order chi connectivity index (χ0) is 20.1. The maximum Gasteiger partial charge on any atom is 0.244 e. The smallest absolute Gasteiger partial charge is 0.244 e. The molecule has 1 N–H and O–H groups in total. The zero-order valence-electron chi connectivity index (χ0n) is 16.2. The van der Waals surface area contributed by atoms with Crippen LogP contribution in [0.1, 0.15) is 31.2 Å². The third kappa shape index (κ3) is 4.50. The highest BCUT2D eigenvalue weighted by atomic mass is 19.1. The third-order valence-corrected chi connectivity index (χ3v) is 4.93. The molecule has 0 spiro atoms. The van der Waals surface area contributed by atoms with E-state index in [1.54, 1.807) is 41.3 Å². The second-order valence-electron chi connectivity index (χ2n) is 6.98. The summed E-state index contributed by atoms with van der Waals surface area (Å²) in [6, 6.07) is 13.7. The van der Waals surface area contributed by atoms with Crippen molar-refractivity contribution in [2.75, 3.05) is 25.5 Å². The Kier molecular flexibility index (Phi) is 6.29. The van der Waals surface area contributed by atoms with Gasteiger partial charge in [0, 0.05) is 12.5 Å². The van der Waals surface area contributed by atoms with Crippen LogP contribution in [0.2, 0.25) is 0 Å². The monoisotopic (exact) mass is 384 g/mol. The van der Waals surface area contributed by atoms with Gasteiger partial charge in [-0.3, -0.25) is 9.59 Å². The highest BCUT2D eigenvalue weighted by Crippen LogP contribution is 2.49. The van der Waals surface area contributed by atoms with Gasteiger partial charge in [-0.15, -0.1) is 0 Å². The van der Waals surface area contributed by atoms with Gasteiger partial charge in [0.15, 0.2) is 0 Å². The molecule has 1 fully saturated rings. The number of carbonyl (C=O) groups excluding carboxylic acids is 2. The van der Waals surface area contributed by atoms with Gasteiger partial charge < -0.3 is 15.0 Å². The number of rotatable bonds is 8. The topological polar surface area (TPSA) is 58.6 Å². The van der Waals surface area contributed by atoms with Crippen LogP contribution in [0.15, 0.2) is 48.5 Å². The molecule has 2 amide bonds. The number of halogens is 1. The van der Waals surface area contributed by atoms with Crippen LogP contribution < -0.4 is 10.1 Å². The van der Waals surface area contributed by atoms with Crippen LogP contribution in [0.5, 0.6) is 5.75 Å². The molecule has 0 radical (unpaired) electrons. The molecule has 5 nitrogen and oxygen atoms in total. The van der Waals surface area contributed by atoms with E-state index >= 15 is 0 Å². The van der Waals surface area contributed by atoms with Gasteiger partial charge >= 0.3 is 0 Å². The lowest BCUT2D eigenvalue weighted by Gasteiger charge is -2.22. The van der Waals surface area contributed by atoms with Crippen LogP contribution in [0, 0.1) is 11.7 Å². The number of para-hydroxylation sites is 2. The highest BCUT2D eigenvalue weighted by molar-refractivity contribution is 5.96. The van der Waals surface area contributed by atoms with Crippen LogP contribution >= 0.6 is 0 Å². The lowest BCUT2D eigenvalue weighted by atomic mass is 10.1. The molecule has 0 bridgehead atoms. The minimum absolute atomic E-state index is 0.0365. The van der Waals surface area contributed by atoms with Crippen LogP contribution in [0.3, 0.4) is 0 Å². The van der Waals surface area contributed by atoms with Gasteiger partial charge in [0.2, 0.25) is 11.8 Å². The van der Waals surface area contributed by atoms with E-state index in [9.17, 15) is 14.0 Å². The SMILES string of the molecule is CCCN(CC(=O)Nc1ccccc1OC)C(=O)C1CC1c1ccccc1F. The number of hydrogen-bond donors (Lipinski definition) is 1. The molecule has 1 aliphatic carbocycles. The predicted octanol–water partition coefficient (Wildman–Crippen LogP) is 3.82. The first-order valence-corrected chi connectivity index (χ1v) is 9.51. The van der Waals surface area contributed by atoms with Crippen molar-refractivity contribution < 1.29 is 18.7 Å². The first kappa shape index (κ1) is 19.9. The largest absolute Gasteiger partial charge is 0.495 e. The fraction of sp³-hybridized carbons (Fsp3) is 0.364. The van der Waals surface area contributed by atoms with Crippen molar-refractivity contribution >= 4 is 17.5 Å². The summed E-state index contributed by atoms with van der Waals surface area (Å²) in [6.07, 6.45) is 1.36. The molecular weight excluding hydrogens is 359 g/mol. The Hall–Kier alpha value is -2.89. The average Bonchev–Trinajstić information content (AvgIpc) is 3.48. The fourth-order valence-electron chi connectivity index (χ4n) is 3.47. The molecule has 6 heteroatoms. The summed E-state index contributed by atoms with van der Waals surface area (Å²) in [6.45, 7) is 2.41. The number of nitrogens with zero attached hydrogens (tertiary/aromatic N) is 1. The maximum absolute atomic E-state index is 14.0. The Labute approximate surface area is 164 Å². The summed E-state index contributed by atoms with van der Waals surface area (Å²) in [5, 5.41) is 2.80. The van der Waals surface area contributed by atoms with E-state index in [2.05, 4.69) is 5.32 Å². The summed E-state index contributed by atoms with van der Waals surface area (Å²) in [5.74, 6) is -0.461. The summed E-state index contributed by atoms with van der Waals surface area (Å²) in [5.41, 5.74) is 1.14. The van der Waals surface area contributed by atoms with Crippen LogP contribution in [0.25, 0.3) is 0 Å². The first-order chi connectivity index (χ1) is 13.5. The van der Waals surface area contributed by atoms with Gasteiger partial charge in [0.05, 0.1) is 19.3 Å². The molecule has 1 saturated carbocycles. The molecule has 2 unspecified atom stereocenters. The van der Waals surface area contributed by atoms with E-state index in [4.69, 9.17) is 4.74 Å². The molecule has 2 atom stereocenters. The van der Waals surface area contributed by atoms with Crippen molar-refractivity contribution in [1.82, 2.24) is 4.90 Å². The van der Waals surface area contributed by atoms with Crippen molar-refractivity contribution in [3.05, 3.63) is 59.9 Å². The van der Waals surface area contributed by atoms with E-state index in [0.29, 0.717) is 30.0 Å². The Balaban J connectivity index is 1.64. The lowest BCUT2D eigenvalue weighted by Crippen LogP contribution is -2.39. The number of nitrogens with one attached hydrogen (secondary N) is 1. The second kappa shape index (κ2) is 8.87. The van der Waals surface area contributed by atoms with Gasteiger partial charge in [0.1, 0.15) is 11.6 Å². The average molecular weight is 384 g/mol. The van der Waals surface area contributed by atoms with E-state index in [1.165, 1.54) is 13.2 Å². The summed E-state index contributed by atoms with van der Waals surface area (Å²) in [4.78, 5) is 27.0. The number of methoxy groups -OCH3 is 1. The van der Waals surface area contributed by atoms with E-state index < -0.39 is 0 Å². The van der Waals surface area contributed by atoms with Crippen LogP contribution in [-0.2, 0) is 9.59 Å². The molecule has 2 aromatic carbocycles. The van der Waals surface area contributed by atoms with Crippen LogP contribution in [0.4, 0.5) is 10.1 Å². The van der Waals surface area contributed by atoms with E-state index in [-0.39, 0.29) is 36.0 Å². The van der Waals surface area contributed by atoms with Crippen molar-refractivity contribution in [1.29, 1.82) is 0 Å². The molecule has 2 aromatic rings. The molecule has 148 valence electrons. The van der Waals surface area contributed by atoms with Gasteiger partial charge in [-0.25, -0.2) is 4.39 Å². The number of carbonyl (C=O) groups is 2. The number of amides is 2. The molecule has 0 aromatic heterocycles. The van der Waals surface area contributed by atoms with Crippen molar-refractivity contribution in [3.8, 4) is 5.75 Å². The number of ether oxygens (including phenoxy) is 1. The Bertz CT molecular complexity index is 855. The van der Waals surface area contributed by atoms with E-state index in [1.807, 2.05) is 13.0 Å². The fourth-order valence-corrected chi connectivity index (χ4v) is 3.47. The van der Waals surface area contributed by atoms with Gasteiger partial charge in [-0.1, -0.05) is 37.3 Å². The van der Waals surface area contributed by atoms with Crippen molar-refractivity contribution in [2.24, 2.45) is 5.92 Å². The Morgan fingerprint density at radius 3 is 2.61 bits per heavy atom. The second-order valence-corrected chi connectivity index (χ2v) is 6.98. The zero-order valence-corrected chi connectivity index (χ0v) is 16.2. The number of hydrogen-bond acceptors (Lipinski definition) is 3. The number of benzene rings is 2. The molecular formula is C22H25FN2O3. The molecule has 0 saturated heterocycles. The summed E-state index contributed by atoms with van der Waals surface area (Å²) >= 11 is 0. The summed E-state index contributed by atoms with van der Waals surface area (Å²) in [7, 11) is 1.54. The number of anilines is 1. The van der Waals surface area contributed by atoms with Gasteiger partial charge in [-0.2, -0.15) is 0 Å². The van der Waals surface area contributed by atoms with E-state index in [0.717, 1.165) is 6.42 Å².